The van der Waals surface area contributed by atoms with E-state index in [1.54, 1.807) is 13.1 Å². The minimum atomic E-state index is -0.570. The summed E-state index contributed by atoms with van der Waals surface area (Å²) in [6, 6.07) is 0. The zero-order valence-electron chi connectivity index (χ0n) is 10.6. The molecule has 0 spiro atoms. The van der Waals surface area contributed by atoms with E-state index in [9.17, 15) is 4.79 Å². The van der Waals surface area contributed by atoms with E-state index in [0.29, 0.717) is 6.61 Å². The highest BCUT2D eigenvalue weighted by atomic mass is 16.5. The number of rotatable bonds is 3. The van der Waals surface area contributed by atoms with E-state index in [1.165, 1.54) is 6.21 Å². The SMILES string of the molecule is CCOC(=O)N/N=C\c1cnc(C(C)(C)C)[nH]1. The molecule has 6 nitrogen and oxygen atoms in total. The number of ether oxygens (including phenoxy) is 1. The van der Waals surface area contributed by atoms with Gasteiger partial charge >= 0.3 is 6.09 Å². The van der Waals surface area contributed by atoms with Crippen LogP contribution in [0.2, 0.25) is 0 Å². The van der Waals surface area contributed by atoms with Crippen LogP contribution >= 0.6 is 0 Å². The maximum absolute atomic E-state index is 10.9. The van der Waals surface area contributed by atoms with Crippen LogP contribution in [0.15, 0.2) is 11.3 Å². The third-order valence-electron chi connectivity index (χ3n) is 1.94. The third kappa shape index (κ3) is 4.26. The highest BCUT2D eigenvalue weighted by molar-refractivity contribution is 5.78. The van der Waals surface area contributed by atoms with Gasteiger partial charge in [-0.2, -0.15) is 5.10 Å². The quantitative estimate of drug-likeness (QED) is 0.622. The molecule has 1 amide bonds. The molecule has 0 fully saturated rings. The number of amides is 1. The third-order valence-corrected chi connectivity index (χ3v) is 1.94. The summed E-state index contributed by atoms with van der Waals surface area (Å²) in [5, 5.41) is 3.73. The zero-order valence-corrected chi connectivity index (χ0v) is 10.6. The standard InChI is InChI=1S/C11H18N4O2/c1-5-17-10(16)15-13-7-8-6-12-9(14-8)11(2,3)4/h6-7H,5H2,1-4H3,(H,12,14)(H,15,16)/b13-7-. The van der Waals surface area contributed by atoms with E-state index in [-0.39, 0.29) is 5.41 Å². The summed E-state index contributed by atoms with van der Waals surface area (Å²) in [7, 11) is 0. The Balaban J connectivity index is 2.55. The van der Waals surface area contributed by atoms with Crippen molar-refractivity contribution in [3.05, 3.63) is 17.7 Å². The van der Waals surface area contributed by atoms with E-state index in [1.807, 2.05) is 0 Å². The topological polar surface area (TPSA) is 79.4 Å². The van der Waals surface area contributed by atoms with Gasteiger partial charge in [0.2, 0.25) is 0 Å². The van der Waals surface area contributed by atoms with Gasteiger partial charge in [-0.25, -0.2) is 15.2 Å². The average Bonchev–Trinajstić information content (AvgIpc) is 2.66. The fraction of sp³-hybridized carbons (Fsp3) is 0.545. The second-order valence-corrected chi connectivity index (χ2v) is 4.53. The number of hydrogen-bond acceptors (Lipinski definition) is 4. The average molecular weight is 238 g/mol. The van der Waals surface area contributed by atoms with Crippen LogP contribution < -0.4 is 5.43 Å². The molecule has 0 saturated heterocycles. The first-order chi connectivity index (χ1) is 7.93. The summed E-state index contributed by atoms with van der Waals surface area (Å²) >= 11 is 0. The van der Waals surface area contributed by atoms with Crippen molar-refractivity contribution in [1.29, 1.82) is 0 Å². The van der Waals surface area contributed by atoms with Crippen LogP contribution in [0.4, 0.5) is 4.79 Å². The largest absolute Gasteiger partial charge is 0.449 e. The minimum absolute atomic E-state index is 0.0410. The van der Waals surface area contributed by atoms with Gasteiger partial charge in [0.15, 0.2) is 0 Å². The van der Waals surface area contributed by atoms with E-state index >= 15 is 0 Å². The van der Waals surface area contributed by atoms with E-state index in [4.69, 9.17) is 0 Å². The monoisotopic (exact) mass is 238 g/mol. The molecule has 1 aromatic rings. The molecule has 0 aliphatic rings. The first-order valence-corrected chi connectivity index (χ1v) is 5.44. The van der Waals surface area contributed by atoms with Crippen LogP contribution in [-0.4, -0.2) is 28.9 Å². The number of imidazole rings is 1. The molecule has 0 saturated carbocycles. The molecule has 0 aliphatic carbocycles. The number of nitrogens with one attached hydrogen (secondary N) is 2. The molecule has 0 atom stereocenters. The molecule has 0 aromatic carbocycles. The number of carbonyl (C=O) groups is 1. The van der Waals surface area contributed by atoms with Crippen molar-refractivity contribution in [2.24, 2.45) is 5.10 Å². The first kappa shape index (κ1) is 13.2. The van der Waals surface area contributed by atoms with Gasteiger partial charge in [0.1, 0.15) is 5.82 Å². The Kier molecular flexibility index (Phi) is 4.25. The number of H-pyrrole nitrogens is 1. The van der Waals surface area contributed by atoms with Crippen molar-refractivity contribution in [3.63, 3.8) is 0 Å². The molecule has 17 heavy (non-hydrogen) atoms. The number of carbonyl (C=O) groups excluding carboxylic acids is 1. The maximum atomic E-state index is 10.9. The van der Waals surface area contributed by atoms with E-state index in [0.717, 1.165) is 11.5 Å². The highest BCUT2D eigenvalue weighted by Crippen LogP contribution is 2.17. The molecule has 0 aliphatic heterocycles. The van der Waals surface area contributed by atoms with Gasteiger partial charge in [0.05, 0.1) is 24.7 Å². The second-order valence-electron chi connectivity index (χ2n) is 4.53. The Morgan fingerprint density at radius 3 is 2.88 bits per heavy atom. The molecular weight excluding hydrogens is 220 g/mol. The van der Waals surface area contributed by atoms with Crippen molar-refractivity contribution in [2.75, 3.05) is 6.61 Å². The summed E-state index contributed by atoms with van der Waals surface area (Å²) in [5.41, 5.74) is 2.93. The molecule has 94 valence electrons. The van der Waals surface area contributed by atoms with Crippen LogP contribution in [0.25, 0.3) is 0 Å². The van der Waals surface area contributed by atoms with Crippen LogP contribution in [-0.2, 0) is 10.2 Å². The lowest BCUT2D eigenvalue weighted by molar-refractivity contribution is 0.152. The Bertz CT molecular complexity index is 404. The summed E-state index contributed by atoms with van der Waals surface area (Å²) in [6.45, 7) is 8.23. The Morgan fingerprint density at radius 1 is 1.65 bits per heavy atom. The van der Waals surface area contributed by atoms with E-state index in [2.05, 4.69) is 46.0 Å². The summed E-state index contributed by atoms with van der Waals surface area (Å²) in [4.78, 5) is 18.3. The molecule has 0 radical (unpaired) electrons. The zero-order chi connectivity index (χ0) is 12.9. The molecule has 1 aromatic heterocycles. The molecular formula is C11H18N4O2. The van der Waals surface area contributed by atoms with E-state index < -0.39 is 6.09 Å². The van der Waals surface area contributed by atoms with Crippen LogP contribution in [0, 0.1) is 0 Å². The van der Waals surface area contributed by atoms with Crippen LogP contribution in [0.5, 0.6) is 0 Å². The highest BCUT2D eigenvalue weighted by Gasteiger charge is 2.16. The normalized spacial score (nSPS) is 11.8. The smallest absolute Gasteiger partial charge is 0.427 e. The summed E-state index contributed by atoms with van der Waals surface area (Å²) < 4.78 is 4.65. The van der Waals surface area contributed by atoms with Crippen molar-refractivity contribution >= 4 is 12.3 Å². The molecule has 1 rings (SSSR count). The van der Waals surface area contributed by atoms with Crippen LogP contribution in [0.3, 0.4) is 0 Å². The van der Waals surface area contributed by atoms with Gasteiger partial charge in [-0.3, -0.25) is 0 Å². The molecule has 0 bridgehead atoms. The number of aromatic amines is 1. The van der Waals surface area contributed by atoms with Gasteiger partial charge in [0.25, 0.3) is 0 Å². The van der Waals surface area contributed by atoms with Crippen molar-refractivity contribution in [3.8, 4) is 0 Å². The van der Waals surface area contributed by atoms with Crippen LogP contribution in [0.1, 0.15) is 39.2 Å². The van der Waals surface area contributed by atoms with Gasteiger partial charge in [-0.05, 0) is 6.92 Å². The maximum Gasteiger partial charge on any atom is 0.427 e. The first-order valence-electron chi connectivity index (χ1n) is 5.44. The van der Waals surface area contributed by atoms with Crippen molar-refractivity contribution < 1.29 is 9.53 Å². The lowest BCUT2D eigenvalue weighted by Crippen LogP contribution is -2.18. The summed E-state index contributed by atoms with van der Waals surface area (Å²) in [5.74, 6) is 0.870. The second kappa shape index (κ2) is 5.47. The Morgan fingerprint density at radius 2 is 2.35 bits per heavy atom. The number of aromatic nitrogens is 2. The molecule has 0 unspecified atom stereocenters. The molecule has 2 N–H and O–H groups in total. The van der Waals surface area contributed by atoms with Gasteiger partial charge in [-0.1, -0.05) is 20.8 Å². The predicted octanol–water partition coefficient (Wildman–Crippen LogP) is 1.79. The predicted molar refractivity (Wildman–Crippen MR) is 65.0 cm³/mol. The summed E-state index contributed by atoms with van der Waals surface area (Å²) in [6.07, 6.45) is 2.58. The Hall–Kier alpha value is -1.85. The molecule has 6 heteroatoms. The van der Waals surface area contributed by atoms with Crippen molar-refractivity contribution in [1.82, 2.24) is 15.4 Å². The number of hydrazone groups is 1. The lowest BCUT2D eigenvalue weighted by Gasteiger charge is -2.13. The van der Waals surface area contributed by atoms with Gasteiger partial charge in [0, 0.05) is 5.41 Å². The molecule has 1 heterocycles. The fourth-order valence-corrected chi connectivity index (χ4v) is 1.10. The lowest BCUT2D eigenvalue weighted by atomic mass is 9.96. The number of nitrogens with zero attached hydrogens (tertiary/aromatic N) is 2. The minimum Gasteiger partial charge on any atom is -0.449 e. The number of hydrogen-bond donors (Lipinski definition) is 2. The van der Waals surface area contributed by atoms with Crippen molar-refractivity contribution in [2.45, 2.75) is 33.1 Å². The fourth-order valence-electron chi connectivity index (χ4n) is 1.10. The van der Waals surface area contributed by atoms with Gasteiger partial charge in [-0.15, -0.1) is 0 Å². The Labute approximate surface area is 100 Å². The van der Waals surface area contributed by atoms with Gasteiger partial charge < -0.3 is 9.72 Å².